The van der Waals surface area contributed by atoms with Gasteiger partial charge in [0, 0.05) is 45.8 Å². The van der Waals surface area contributed by atoms with Gasteiger partial charge in [-0.05, 0) is 69.2 Å². The van der Waals surface area contributed by atoms with E-state index in [1.165, 1.54) is 19.1 Å². The zero-order valence-corrected chi connectivity index (χ0v) is 23.0. The average Bonchev–Trinajstić information content (AvgIpc) is 2.84. The number of allylic oxidation sites excluding steroid dienone is 2. The molecule has 0 aliphatic rings. The van der Waals surface area contributed by atoms with E-state index in [1.54, 1.807) is 20.8 Å². The van der Waals surface area contributed by atoms with Gasteiger partial charge >= 0.3 is 12.4 Å². The monoisotopic (exact) mass is 616 g/mol. The third-order valence-electron chi connectivity index (χ3n) is 5.48. The van der Waals surface area contributed by atoms with Crippen LogP contribution in [0, 0.1) is 0 Å². The number of nitrogens with one attached hydrogen (secondary N) is 1. The molecule has 12 heteroatoms. The lowest BCUT2D eigenvalue weighted by atomic mass is 9.99. The molecule has 0 saturated carbocycles. The van der Waals surface area contributed by atoms with Crippen molar-refractivity contribution in [2.24, 2.45) is 5.73 Å². The number of hydrogen-bond acceptors (Lipinski definition) is 5. The number of pyridine rings is 2. The lowest BCUT2D eigenvalue weighted by molar-refractivity contribution is -0.142. The molecule has 0 aliphatic heterocycles. The summed E-state index contributed by atoms with van der Waals surface area (Å²) in [5.41, 5.74) is 6.24. The van der Waals surface area contributed by atoms with Crippen LogP contribution in [0.1, 0.15) is 67.9 Å². The van der Waals surface area contributed by atoms with Gasteiger partial charge in [0.15, 0.2) is 5.78 Å². The van der Waals surface area contributed by atoms with Crippen LogP contribution >= 0.6 is 15.9 Å². The summed E-state index contributed by atoms with van der Waals surface area (Å²) < 4.78 is 75.7. The maximum atomic E-state index is 12.9. The van der Waals surface area contributed by atoms with E-state index < -0.39 is 35.8 Å². The first-order chi connectivity index (χ1) is 18.0. The zero-order valence-electron chi connectivity index (χ0n) is 21.5. The highest BCUT2D eigenvalue weighted by molar-refractivity contribution is 9.10. The Labute approximate surface area is 230 Å². The normalized spacial score (nSPS) is 13.9. The van der Waals surface area contributed by atoms with Crippen molar-refractivity contribution in [3.8, 4) is 0 Å². The first-order valence-corrected chi connectivity index (χ1v) is 12.4. The molecule has 2 heterocycles. The maximum absolute atomic E-state index is 12.9. The molecule has 0 bridgehead atoms. The standard InChI is InChI=1S/C19H18BrF3N2O.C8H9F3N2/c1-11(14-8-9-24-17(10-14)19(21,22)23)25-12(2)18(13(3)26)15-6-4-5-7-16(15)20;1-5(12)6-2-3-13-7(4-6)8(9,10)11/h4-11,25H,1-3H3;2-5H,12H2,1H3/b18-12+;. The van der Waals surface area contributed by atoms with Crippen LogP contribution in [0.2, 0.25) is 0 Å². The van der Waals surface area contributed by atoms with Gasteiger partial charge < -0.3 is 11.1 Å². The summed E-state index contributed by atoms with van der Waals surface area (Å²) in [4.78, 5) is 18.7. The summed E-state index contributed by atoms with van der Waals surface area (Å²) in [6.45, 7) is 6.55. The molecule has 0 amide bonds. The molecule has 2 atom stereocenters. The Hall–Kier alpha value is -3.25. The Kier molecular flexibility index (Phi) is 10.8. The lowest BCUT2D eigenvalue weighted by Crippen LogP contribution is -2.20. The van der Waals surface area contributed by atoms with Crippen LogP contribution in [-0.4, -0.2) is 15.8 Å². The zero-order chi connectivity index (χ0) is 29.5. The van der Waals surface area contributed by atoms with E-state index in [0.717, 1.165) is 34.6 Å². The van der Waals surface area contributed by atoms with Crippen LogP contribution in [0.3, 0.4) is 0 Å². The second-order valence-corrected chi connectivity index (χ2v) is 9.49. The first-order valence-electron chi connectivity index (χ1n) is 11.6. The van der Waals surface area contributed by atoms with Gasteiger partial charge in [-0.2, -0.15) is 26.3 Å². The van der Waals surface area contributed by atoms with Gasteiger partial charge in [-0.25, -0.2) is 0 Å². The summed E-state index contributed by atoms with van der Waals surface area (Å²) in [6, 6.07) is 11.4. The number of halogens is 7. The van der Waals surface area contributed by atoms with Gasteiger partial charge in [-0.15, -0.1) is 0 Å². The molecule has 0 saturated heterocycles. The van der Waals surface area contributed by atoms with E-state index in [1.807, 2.05) is 24.3 Å². The van der Waals surface area contributed by atoms with Crippen LogP contribution in [0.4, 0.5) is 26.3 Å². The predicted octanol–water partition coefficient (Wildman–Crippen LogP) is 7.65. The largest absolute Gasteiger partial charge is 0.433 e. The molecule has 0 spiro atoms. The summed E-state index contributed by atoms with van der Waals surface area (Å²) in [5.74, 6) is -0.139. The molecule has 3 aromatic rings. The van der Waals surface area contributed by atoms with Gasteiger partial charge in [0.1, 0.15) is 11.4 Å². The molecule has 3 rings (SSSR count). The quantitative estimate of drug-likeness (QED) is 0.220. The van der Waals surface area contributed by atoms with Gasteiger partial charge in [-0.3, -0.25) is 14.8 Å². The molecule has 2 unspecified atom stereocenters. The van der Waals surface area contributed by atoms with Crippen molar-refractivity contribution >= 4 is 27.3 Å². The lowest BCUT2D eigenvalue weighted by Gasteiger charge is -2.20. The third-order valence-corrected chi connectivity index (χ3v) is 6.17. The summed E-state index contributed by atoms with van der Waals surface area (Å²) >= 11 is 3.43. The first kappa shape index (κ1) is 32.0. The highest BCUT2D eigenvalue weighted by Gasteiger charge is 2.33. The number of hydrogen-bond donors (Lipinski definition) is 2. The predicted molar refractivity (Wildman–Crippen MR) is 140 cm³/mol. The number of aromatic nitrogens is 2. The molecular weight excluding hydrogens is 590 g/mol. The molecule has 0 fully saturated rings. The van der Waals surface area contributed by atoms with Crippen molar-refractivity contribution < 1.29 is 31.1 Å². The van der Waals surface area contributed by atoms with Crippen molar-refractivity contribution in [3.63, 3.8) is 0 Å². The summed E-state index contributed by atoms with van der Waals surface area (Å²) in [6.07, 6.45) is -6.65. The van der Waals surface area contributed by atoms with E-state index in [9.17, 15) is 31.1 Å². The second-order valence-electron chi connectivity index (χ2n) is 8.64. The second kappa shape index (κ2) is 13.2. The maximum Gasteiger partial charge on any atom is 0.433 e. The highest BCUT2D eigenvalue weighted by atomic mass is 79.9. The molecule has 3 N–H and O–H groups in total. The van der Waals surface area contributed by atoms with Gasteiger partial charge in [0.05, 0.1) is 0 Å². The van der Waals surface area contributed by atoms with E-state index in [0.29, 0.717) is 22.4 Å². The highest BCUT2D eigenvalue weighted by Crippen LogP contribution is 2.31. The fourth-order valence-corrected chi connectivity index (χ4v) is 4.04. The number of carbonyl (C=O) groups excluding carboxylic acids is 1. The Bertz CT molecular complexity index is 1320. The Morgan fingerprint density at radius 2 is 1.36 bits per heavy atom. The minimum absolute atomic E-state index is 0.139. The van der Waals surface area contributed by atoms with E-state index >= 15 is 0 Å². The minimum atomic E-state index is -4.50. The molecule has 0 radical (unpaired) electrons. The van der Waals surface area contributed by atoms with Crippen molar-refractivity contribution in [2.75, 3.05) is 0 Å². The Balaban J connectivity index is 0.000000344. The van der Waals surface area contributed by atoms with Gasteiger partial charge in [-0.1, -0.05) is 34.1 Å². The molecule has 1 aromatic carbocycles. The Morgan fingerprint density at radius 3 is 1.82 bits per heavy atom. The Morgan fingerprint density at radius 1 is 0.872 bits per heavy atom. The molecule has 5 nitrogen and oxygen atoms in total. The number of nitrogens with two attached hydrogens (primary N) is 1. The average molecular weight is 617 g/mol. The fourth-order valence-electron chi connectivity index (χ4n) is 3.56. The number of nitrogens with zero attached hydrogens (tertiary/aromatic N) is 2. The number of benzene rings is 1. The van der Waals surface area contributed by atoms with Crippen LogP contribution in [0.15, 0.2) is 71.1 Å². The topological polar surface area (TPSA) is 80.9 Å². The van der Waals surface area contributed by atoms with Crippen LogP contribution in [0.5, 0.6) is 0 Å². The molecule has 39 heavy (non-hydrogen) atoms. The van der Waals surface area contributed by atoms with E-state index in [-0.39, 0.29) is 5.78 Å². The summed E-state index contributed by atoms with van der Waals surface area (Å²) in [5, 5.41) is 3.12. The van der Waals surface area contributed by atoms with Crippen LogP contribution in [0.25, 0.3) is 5.57 Å². The van der Waals surface area contributed by atoms with Gasteiger partial charge in [0.2, 0.25) is 0 Å². The SMILES string of the molecule is CC(=O)/C(=C(/C)NC(C)c1ccnc(C(F)(F)F)c1)c1ccccc1Br.CC(N)c1ccnc(C(F)(F)F)c1. The number of alkyl halides is 6. The summed E-state index contributed by atoms with van der Waals surface area (Å²) in [7, 11) is 0. The molecule has 2 aromatic heterocycles. The molecule has 210 valence electrons. The molecular formula is C27H27BrF6N4O. The fraction of sp³-hybridized carbons (Fsp3) is 0.296. The molecule has 0 aliphatic carbocycles. The van der Waals surface area contributed by atoms with Crippen molar-refractivity contribution in [1.82, 2.24) is 15.3 Å². The van der Waals surface area contributed by atoms with E-state index in [4.69, 9.17) is 5.73 Å². The van der Waals surface area contributed by atoms with Crippen molar-refractivity contribution in [2.45, 2.75) is 52.1 Å². The van der Waals surface area contributed by atoms with Gasteiger partial charge in [0.25, 0.3) is 0 Å². The number of rotatable bonds is 6. The number of ketones is 1. The number of Topliss-reactive ketones (excluding diaryl/α,β-unsaturated/α-hetero) is 1. The van der Waals surface area contributed by atoms with E-state index in [2.05, 4.69) is 31.2 Å². The van der Waals surface area contributed by atoms with Crippen LogP contribution < -0.4 is 11.1 Å². The third kappa shape index (κ3) is 9.17. The smallest absolute Gasteiger partial charge is 0.381 e. The van der Waals surface area contributed by atoms with Crippen molar-refractivity contribution in [1.29, 1.82) is 0 Å². The van der Waals surface area contributed by atoms with Crippen molar-refractivity contribution in [3.05, 3.63) is 99.2 Å². The van der Waals surface area contributed by atoms with Crippen LogP contribution in [-0.2, 0) is 17.1 Å². The number of carbonyl (C=O) groups is 1. The minimum Gasteiger partial charge on any atom is -0.381 e.